The van der Waals surface area contributed by atoms with Crippen LogP contribution in [0.5, 0.6) is 0 Å². The van der Waals surface area contributed by atoms with Crippen LogP contribution in [0.3, 0.4) is 0 Å². The second-order valence-electron chi connectivity index (χ2n) is 8.47. The topological polar surface area (TPSA) is 200 Å². The maximum Gasteiger partial charge on any atom is 0.352 e. The molecule has 0 spiro atoms. The first kappa shape index (κ1) is 25.4. The van der Waals surface area contributed by atoms with Crippen molar-refractivity contribution in [3.8, 4) is 0 Å². The molecule has 2 aromatic rings. The number of allylic oxidation sites excluding steroid dienone is 1. The van der Waals surface area contributed by atoms with E-state index in [1.54, 1.807) is 24.4 Å². The van der Waals surface area contributed by atoms with Crippen molar-refractivity contribution < 1.29 is 29.5 Å². The van der Waals surface area contributed by atoms with Gasteiger partial charge in [-0.15, -0.1) is 23.1 Å². The lowest BCUT2D eigenvalue weighted by Gasteiger charge is -2.49. The first-order chi connectivity index (χ1) is 18.3. The number of amides is 3. The van der Waals surface area contributed by atoms with Gasteiger partial charge in [0.2, 0.25) is 5.91 Å². The van der Waals surface area contributed by atoms with Gasteiger partial charge in [0.05, 0.1) is 0 Å². The van der Waals surface area contributed by atoms with Crippen LogP contribution < -0.4 is 16.4 Å². The molecule has 2 atom stereocenters. The number of nitrogen functional groups attached to an aromatic ring is 1. The molecule has 15 heteroatoms. The number of carbonyl (C=O) groups is 4. The Kier molecular flexibility index (Phi) is 6.86. The van der Waals surface area contributed by atoms with Crippen molar-refractivity contribution in [1.29, 1.82) is 0 Å². The number of fused-ring (bicyclic) bond motifs is 1. The highest BCUT2D eigenvalue weighted by Gasteiger charge is 2.55. The molecule has 0 radical (unpaired) electrons. The van der Waals surface area contributed by atoms with E-state index in [1.165, 1.54) is 17.1 Å². The third-order valence-electron chi connectivity index (χ3n) is 6.28. The molecule has 5 heterocycles. The first-order valence-corrected chi connectivity index (χ1v) is 13.3. The van der Waals surface area contributed by atoms with Crippen molar-refractivity contribution in [1.82, 2.24) is 25.5 Å². The standard InChI is InChI=1S/C23H21N7O6S2/c24-23-27-14(9-38-23)15(29-36)19(32)28-16-20(33)30-17(22(34)35)13(8-37-21(16)30)12(11-4-6-26-18(11)31)7-10-3-1-2-5-25-10/h1-3,5,9,16,21,36H,4,6-8H2,(H2,24,27)(H,26,31)(H,28,32)(H,34,35)/t16-,21-/m1/s1. The lowest BCUT2D eigenvalue weighted by atomic mass is 9.91. The zero-order valence-corrected chi connectivity index (χ0v) is 21.2. The van der Waals surface area contributed by atoms with Gasteiger partial charge in [-0.1, -0.05) is 11.2 Å². The van der Waals surface area contributed by atoms with Gasteiger partial charge >= 0.3 is 5.97 Å². The number of nitrogens with one attached hydrogen (secondary N) is 2. The SMILES string of the molecule is Nc1nc(C(=NO)C(=O)N[C@@H]2C(=O)N3C(C(=O)O)=C(C(Cc4ccccn4)=C4CCNC4=O)CS[C@H]23)cs1. The van der Waals surface area contributed by atoms with E-state index >= 15 is 0 Å². The molecule has 38 heavy (non-hydrogen) atoms. The Labute approximate surface area is 223 Å². The number of oxime groups is 1. The Bertz CT molecular complexity index is 1430. The van der Waals surface area contributed by atoms with Crippen molar-refractivity contribution in [2.24, 2.45) is 5.16 Å². The lowest BCUT2D eigenvalue weighted by Crippen LogP contribution is -2.71. The van der Waals surface area contributed by atoms with Gasteiger partial charge in [-0.05, 0) is 29.7 Å². The van der Waals surface area contributed by atoms with Crippen LogP contribution in [0, 0.1) is 0 Å². The van der Waals surface area contributed by atoms with Crippen molar-refractivity contribution in [2.75, 3.05) is 18.0 Å². The number of carboxylic acids is 1. The second kappa shape index (κ2) is 10.3. The number of pyridine rings is 1. The molecule has 6 N–H and O–H groups in total. The van der Waals surface area contributed by atoms with Crippen LogP contribution in [0.15, 0.2) is 57.3 Å². The van der Waals surface area contributed by atoms with Crippen LogP contribution in [0.25, 0.3) is 0 Å². The summed E-state index contributed by atoms with van der Waals surface area (Å²) in [5, 5.41) is 28.6. The predicted octanol–water partition coefficient (Wildman–Crippen LogP) is 0.0964. The molecule has 0 saturated carbocycles. The minimum absolute atomic E-state index is 0.0430. The first-order valence-electron chi connectivity index (χ1n) is 11.4. The summed E-state index contributed by atoms with van der Waals surface area (Å²) in [7, 11) is 0. The molecule has 2 aromatic heterocycles. The molecule has 196 valence electrons. The number of β-lactam (4-membered cyclic amide) rings is 1. The van der Waals surface area contributed by atoms with E-state index in [1.807, 2.05) is 0 Å². The summed E-state index contributed by atoms with van der Waals surface area (Å²) in [4.78, 5) is 60.4. The highest BCUT2D eigenvalue weighted by atomic mass is 32.2. The number of hydrogen-bond acceptors (Lipinski definition) is 11. The van der Waals surface area contributed by atoms with E-state index in [9.17, 15) is 29.5 Å². The third kappa shape index (κ3) is 4.50. The fourth-order valence-electron chi connectivity index (χ4n) is 4.56. The lowest BCUT2D eigenvalue weighted by molar-refractivity contribution is -0.150. The largest absolute Gasteiger partial charge is 0.477 e. The van der Waals surface area contributed by atoms with Gasteiger partial charge in [0, 0.05) is 41.6 Å². The Morgan fingerprint density at radius 2 is 2.13 bits per heavy atom. The number of aliphatic carboxylic acids is 1. The van der Waals surface area contributed by atoms with Gasteiger partial charge in [0.15, 0.2) is 10.8 Å². The van der Waals surface area contributed by atoms with Gasteiger partial charge in [0.1, 0.15) is 22.8 Å². The summed E-state index contributed by atoms with van der Waals surface area (Å²) in [6, 6.07) is 4.28. The molecule has 3 aliphatic heterocycles. The predicted molar refractivity (Wildman–Crippen MR) is 137 cm³/mol. The van der Waals surface area contributed by atoms with E-state index in [-0.39, 0.29) is 34.6 Å². The maximum atomic E-state index is 13.2. The molecule has 3 aliphatic rings. The average molecular weight is 556 g/mol. The van der Waals surface area contributed by atoms with E-state index in [0.717, 1.165) is 16.2 Å². The fourth-order valence-corrected chi connectivity index (χ4v) is 6.49. The second-order valence-corrected chi connectivity index (χ2v) is 10.5. The van der Waals surface area contributed by atoms with Gasteiger partial charge in [-0.3, -0.25) is 24.3 Å². The van der Waals surface area contributed by atoms with Crippen molar-refractivity contribution in [2.45, 2.75) is 24.3 Å². The summed E-state index contributed by atoms with van der Waals surface area (Å²) in [5.41, 5.74) is 6.98. The van der Waals surface area contributed by atoms with Gasteiger partial charge in [-0.25, -0.2) is 9.78 Å². The Hall–Kier alpha value is -4.24. The highest BCUT2D eigenvalue weighted by molar-refractivity contribution is 8.00. The summed E-state index contributed by atoms with van der Waals surface area (Å²) in [5.74, 6) is -2.91. The van der Waals surface area contributed by atoms with E-state index in [4.69, 9.17) is 5.73 Å². The number of rotatable bonds is 7. The summed E-state index contributed by atoms with van der Waals surface area (Å²) >= 11 is 2.31. The number of nitrogens with two attached hydrogens (primary N) is 1. The minimum Gasteiger partial charge on any atom is -0.477 e. The number of carbonyl (C=O) groups excluding carboxylic acids is 3. The Balaban J connectivity index is 1.45. The van der Waals surface area contributed by atoms with Crippen LogP contribution >= 0.6 is 23.1 Å². The van der Waals surface area contributed by atoms with Crippen LogP contribution in [0.4, 0.5) is 5.13 Å². The molecule has 3 amide bonds. The number of thioether (sulfide) groups is 1. The Morgan fingerprint density at radius 1 is 1.32 bits per heavy atom. The minimum atomic E-state index is -1.32. The molecule has 13 nitrogen and oxygen atoms in total. The van der Waals surface area contributed by atoms with Gasteiger partial charge in [0.25, 0.3) is 11.8 Å². The molecule has 2 fully saturated rings. The molecule has 5 rings (SSSR count). The summed E-state index contributed by atoms with van der Waals surface area (Å²) in [6.07, 6.45) is 2.25. The number of nitrogens with zero attached hydrogens (tertiary/aromatic N) is 4. The summed E-state index contributed by atoms with van der Waals surface area (Å²) in [6.45, 7) is 0.432. The normalized spacial score (nSPS) is 22.5. The molecular formula is C23H21N7O6S2. The number of anilines is 1. The van der Waals surface area contributed by atoms with Crippen LogP contribution in [-0.2, 0) is 25.6 Å². The monoisotopic (exact) mass is 555 g/mol. The van der Waals surface area contributed by atoms with Gasteiger partial charge < -0.3 is 26.7 Å². The molecule has 0 aliphatic carbocycles. The van der Waals surface area contributed by atoms with Crippen LogP contribution in [-0.4, -0.2) is 78.3 Å². The molecule has 0 bridgehead atoms. The van der Waals surface area contributed by atoms with Crippen LogP contribution in [0.1, 0.15) is 17.8 Å². The van der Waals surface area contributed by atoms with Gasteiger partial charge in [-0.2, -0.15) is 0 Å². The zero-order valence-electron chi connectivity index (χ0n) is 19.6. The van der Waals surface area contributed by atoms with Crippen molar-refractivity contribution in [3.63, 3.8) is 0 Å². The molecule has 0 unspecified atom stereocenters. The smallest absolute Gasteiger partial charge is 0.352 e. The number of carboxylic acid groups (broad SMARTS) is 1. The number of hydrogen-bond donors (Lipinski definition) is 5. The van der Waals surface area contributed by atoms with Crippen LogP contribution in [0.2, 0.25) is 0 Å². The molecule has 2 saturated heterocycles. The van der Waals surface area contributed by atoms with Crippen molar-refractivity contribution >= 4 is 57.6 Å². The van der Waals surface area contributed by atoms with Crippen molar-refractivity contribution in [3.05, 3.63) is 63.6 Å². The van der Waals surface area contributed by atoms with E-state index in [2.05, 4.69) is 25.8 Å². The van der Waals surface area contributed by atoms with E-state index < -0.39 is 34.9 Å². The number of thiazole rings is 1. The number of aromatic nitrogens is 2. The molecule has 0 aromatic carbocycles. The molecular weight excluding hydrogens is 534 g/mol. The Morgan fingerprint density at radius 3 is 2.74 bits per heavy atom. The third-order valence-corrected chi connectivity index (χ3v) is 8.24. The average Bonchev–Trinajstić information content (AvgIpc) is 3.53. The summed E-state index contributed by atoms with van der Waals surface area (Å²) < 4.78 is 0. The maximum absolute atomic E-state index is 13.2. The van der Waals surface area contributed by atoms with E-state index in [0.29, 0.717) is 35.4 Å². The quantitative estimate of drug-likeness (QED) is 0.103. The zero-order chi connectivity index (χ0) is 27.0. The fraction of sp³-hybridized carbons (Fsp3) is 0.261. The highest BCUT2D eigenvalue weighted by Crippen LogP contribution is 2.43.